The molecule has 1 aromatic rings. The van der Waals surface area contributed by atoms with Gasteiger partial charge in [-0.2, -0.15) is 0 Å². The van der Waals surface area contributed by atoms with E-state index in [0.29, 0.717) is 6.26 Å². The second-order valence-electron chi connectivity index (χ2n) is 1.78. The van der Waals surface area contributed by atoms with Gasteiger partial charge in [-0.1, -0.05) is 6.07 Å². The standard InChI is InChI=1S/C5H5N.CH4O3S.2H2O/c1-2-4-6-5-3-1;1-5(2,3)4;;/h1-5H;1H3,(H,2,3,4);2*1H2. The van der Waals surface area contributed by atoms with Crippen molar-refractivity contribution in [1.82, 2.24) is 0 Å². The Labute approximate surface area is 76.6 Å². The van der Waals surface area contributed by atoms with Crippen LogP contribution in [-0.4, -0.2) is 30.2 Å². The van der Waals surface area contributed by atoms with Gasteiger partial charge in [0.15, 0.2) is 12.4 Å². The van der Waals surface area contributed by atoms with Crippen molar-refractivity contribution in [3.05, 3.63) is 30.6 Å². The molecular formula is C6H13NO5S. The van der Waals surface area contributed by atoms with Gasteiger partial charge in [0.05, 0.1) is 10.1 Å². The number of hydrogen-bond acceptors (Lipinski definition) is 3. The van der Waals surface area contributed by atoms with E-state index in [1.165, 1.54) is 0 Å². The van der Waals surface area contributed by atoms with E-state index in [2.05, 4.69) is 4.98 Å². The summed E-state index contributed by atoms with van der Waals surface area (Å²) in [7, 11) is -3.92. The van der Waals surface area contributed by atoms with Gasteiger partial charge < -0.3 is 15.5 Å². The van der Waals surface area contributed by atoms with Crippen LogP contribution in [0, 0.1) is 0 Å². The van der Waals surface area contributed by atoms with E-state index in [0.717, 1.165) is 0 Å². The van der Waals surface area contributed by atoms with Gasteiger partial charge in [0.1, 0.15) is 0 Å². The summed E-state index contributed by atoms with van der Waals surface area (Å²) in [5, 5.41) is 0. The van der Waals surface area contributed by atoms with Crippen LogP contribution in [0.5, 0.6) is 0 Å². The average molecular weight is 211 g/mol. The van der Waals surface area contributed by atoms with Crippen LogP contribution < -0.4 is 4.98 Å². The number of rotatable bonds is 0. The van der Waals surface area contributed by atoms with Crippen LogP contribution in [0.1, 0.15) is 0 Å². The fraction of sp³-hybridized carbons (Fsp3) is 0.167. The summed E-state index contributed by atoms with van der Waals surface area (Å²) in [6, 6.07) is 5.86. The van der Waals surface area contributed by atoms with Gasteiger partial charge in [0.25, 0.3) is 0 Å². The molecule has 0 amide bonds. The Morgan fingerprint density at radius 3 is 1.46 bits per heavy atom. The minimum atomic E-state index is -3.92. The summed E-state index contributed by atoms with van der Waals surface area (Å²) in [4.78, 5) is 2.89. The topological polar surface area (TPSA) is 134 Å². The van der Waals surface area contributed by atoms with Crippen molar-refractivity contribution < 1.29 is 28.9 Å². The van der Waals surface area contributed by atoms with Crippen LogP contribution >= 0.6 is 0 Å². The van der Waals surface area contributed by atoms with Crippen molar-refractivity contribution in [3.8, 4) is 0 Å². The molecule has 0 saturated heterocycles. The maximum absolute atomic E-state index is 9.08. The van der Waals surface area contributed by atoms with E-state index in [4.69, 9.17) is 13.0 Å². The predicted molar refractivity (Wildman–Crippen MR) is 45.8 cm³/mol. The summed E-state index contributed by atoms with van der Waals surface area (Å²) in [6.07, 6.45) is 4.35. The molecule has 5 N–H and O–H groups in total. The highest BCUT2D eigenvalue weighted by Gasteiger charge is 1.66. The number of hydrogen-bond donors (Lipinski definition) is 0. The molecule has 0 aliphatic carbocycles. The molecule has 7 heteroatoms. The van der Waals surface area contributed by atoms with Crippen molar-refractivity contribution in [3.63, 3.8) is 0 Å². The molecule has 1 heterocycles. The molecule has 13 heavy (non-hydrogen) atoms. The second kappa shape index (κ2) is 9.07. The van der Waals surface area contributed by atoms with E-state index in [-0.39, 0.29) is 11.0 Å². The summed E-state index contributed by atoms with van der Waals surface area (Å²) in [6.45, 7) is 0. The zero-order chi connectivity index (χ0) is 8.74. The zero-order valence-electron chi connectivity index (χ0n) is 7.02. The third kappa shape index (κ3) is 35.7. The minimum absolute atomic E-state index is 0. The molecule has 0 fully saturated rings. The molecule has 0 aliphatic heterocycles. The highest BCUT2D eigenvalue weighted by atomic mass is 32.2. The Kier molecular flexibility index (Phi) is 12.5. The summed E-state index contributed by atoms with van der Waals surface area (Å²) in [5.74, 6) is 0. The number of nitrogens with one attached hydrogen (secondary N) is 1. The van der Waals surface area contributed by atoms with E-state index in [9.17, 15) is 0 Å². The van der Waals surface area contributed by atoms with Crippen LogP contribution in [0.4, 0.5) is 0 Å². The van der Waals surface area contributed by atoms with Crippen molar-refractivity contribution in [2.75, 3.05) is 6.26 Å². The van der Waals surface area contributed by atoms with E-state index < -0.39 is 10.1 Å². The number of aromatic nitrogens is 1. The molecular weight excluding hydrogens is 198 g/mol. The number of H-pyrrole nitrogens is 1. The van der Waals surface area contributed by atoms with Gasteiger partial charge in [0, 0.05) is 18.4 Å². The first-order valence-electron chi connectivity index (χ1n) is 2.82. The molecule has 1 aromatic heterocycles. The lowest BCUT2D eigenvalue weighted by Gasteiger charge is -1.90. The Morgan fingerprint density at radius 1 is 1.08 bits per heavy atom. The molecule has 0 aliphatic rings. The van der Waals surface area contributed by atoms with Gasteiger partial charge in [-0.15, -0.1) is 0 Å². The lowest BCUT2D eigenvalue weighted by Crippen LogP contribution is -1.93. The predicted octanol–water partition coefficient (Wildman–Crippen LogP) is -1.99. The summed E-state index contributed by atoms with van der Waals surface area (Å²) in [5.41, 5.74) is 0. The maximum Gasteiger partial charge on any atom is 0.166 e. The molecule has 0 saturated carbocycles. The normalized spacial score (nSPS) is 8.15. The molecule has 0 bridgehead atoms. The lowest BCUT2D eigenvalue weighted by atomic mass is 10.5. The highest BCUT2D eigenvalue weighted by molar-refractivity contribution is 7.84. The van der Waals surface area contributed by atoms with Gasteiger partial charge in [0.2, 0.25) is 0 Å². The Balaban J connectivity index is -0.000000136. The van der Waals surface area contributed by atoms with Crippen molar-refractivity contribution in [2.45, 2.75) is 0 Å². The largest absolute Gasteiger partial charge is 0.748 e. The van der Waals surface area contributed by atoms with Crippen molar-refractivity contribution >= 4 is 10.1 Å². The van der Waals surface area contributed by atoms with Gasteiger partial charge in [-0.05, 0) is 0 Å². The molecule has 0 radical (unpaired) electrons. The van der Waals surface area contributed by atoms with Crippen LogP contribution in [0.3, 0.4) is 0 Å². The zero-order valence-corrected chi connectivity index (χ0v) is 7.84. The monoisotopic (exact) mass is 211 g/mol. The Bertz CT molecular complexity index is 238. The molecule has 0 unspecified atom stereocenters. The molecule has 0 atom stereocenters. The fourth-order valence-corrected chi connectivity index (χ4v) is 0.342. The summed E-state index contributed by atoms with van der Waals surface area (Å²) >= 11 is 0. The quantitative estimate of drug-likeness (QED) is 0.459. The van der Waals surface area contributed by atoms with Crippen LogP contribution in [0.15, 0.2) is 30.6 Å². The Hall–Kier alpha value is -1.02. The van der Waals surface area contributed by atoms with Crippen LogP contribution in [-0.2, 0) is 10.1 Å². The van der Waals surface area contributed by atoms with E-state index >= 15 is 0 Å². The molecule has 0 spiro atoms. The fourth-order valence-electron chi connectivity index (χ4n) is 0.342. The van der Waals surface area contributed by atoms with Crippen LogP contribution in [0.25, 0.3) is 0 Å². The second-order valence-corrected chi connectivity index (χ2v) is 3.19. The highest BCUT2D eigenvalue weighted by Crippen LogP contribution is 1.68. The molecule has 6 nitrogen and oxygen atoms in total. The Morgan fingerprint density at radius 2 is 1.38 bits per heavy atom. The van der Waals surface area contributed by atoms with Crippen molar-refractivity contribution in [2.24, 2.45) is 0 Å². The molecule has 1 rings (SSSR count). The maximum atomic E-state index is 9.08. The first kappa shape index (κ1) is 17.9. The van der Waals surface area contributed by atoms with Crippen LogP contribution in [0.2, 0.25) is 0 Å². The summed E-state index contributed by atoms with van der Waals surface area (Å²) < 4.78 is 27.2. The smallest absolute Gasteiger partial charge is 0.166 e. The average Bonchev–Trinajstić information content (AvgIpc) is 1.88. The number of aromatic amines is 1. The number of pyridine rings is 1. The minimum Gasteiger partial charge on any atom is -0.748 e. The van der Waals surface area contributed by atoms with E-state index in [1.54, 1.807) is 0 Å². The SMILES string of the molecule is CS(=O)(=O)[O-].O.O.c1cc[nH+]cc1. The lowest BCUT2D eigenvalue weighted by molar-refractivity contribution is -0.377. The van der Waals surface area contributed by atoms with Crippen molar-refractivity contribution in [1.29, 1.82) is 0 Å². The first-order valence-corrected chi connectivity index (χ1v) is 4.64. The van der Waals surface area contributed by atoms with Gasteiger partial charge in [-0.3, -0.25) is 0 Å². The van der Waals surface area contributed by atoms with Gasteiger partial charge >= 0.3 is 0 Å². The first-order chi connectivity index (χ1) is 5.00. The van der Waals surface area contributed by atoms with Gasteiger partial charge in [-0.25, -0.2) is 13.4 Å². The molecule has 78 valence electrons. The third-order valence-electron chi connectivity index (χ3n) is 0.607. The third-order valence-corrected chi connectivity index (χ3v) is 0.607. The molecule has 0 aromatic carbocycles. The van der Waals surface area contributed by atoms with E-state index in [1.807, 2.05) is 30.6 Å².